The van der Waals surface area contributed by atoms with E-state index in [9.17, 15) is 4.79 Å². The Morgan fingerprint density at radius 3 is 2.55 bits per heavy atom. The van der Waals surface area contributed by atoms with Gasteiger partial charge in [-0.15, -0.1) is 0 Å². The van der Waals surface area contributed by atoms with Gasteiger partial charge in [0.25, 0.3) is 0 Å². The molecule has 0 bridgehead atoms. The zero-order chi connectivity index (χ0) is 14.2. The molecule has 1 saturated heterocycles. The predicted molar refractivity (Wildman–Crippen MR) is 79.5 cm³/mol. The molecule has 0 aromatic heterocycles. The van der Waals surface area contributed by atoms with Crippen molar-refractivity contribution in [1.29, 1.82) is 0 Å². The third-order valence-corrected chi connectivity index (χ3v) is 3.39. The summed E-state index contributed by atoms with van der Waals surface area (Å²) in [6.45, 7) is 4.29. The molecule has 20 heavy (non-hydrogen) atoms. The van der Waals surface area contributed by atoms with E-state index in [4.69, 9.17) is 9.84 Å². The Kier molecular flexibility index (Phi) is 5.68. The highest BCUT2D eigenvalue weighted by molar-refractivity contribution is 5.66. The molecule has 1 aliphatic heterocycles. The SMILES string of the molecule is O=C(O)CCCCNc1ccc(N2CCOCC2)cc1. The van der Waals surface area contributed by atoms with Crippen LogP contribution in [0.2, 0.25) is 0 Å². The van der Waals surface area contributed by atoms with Crippen LogP contribution < -0.4 is 10.2 Å². The van der Waals surface area contributed by atoms with Crippen LogP contribution in [0.25, 0.3) is 0 Å². The number of morpholine rings is 1. The van der Waals surface area contributed by atoms with Gasteiger partial charge in [0, 0.05) is 37.4 Å². The van der Waals surface area contributed by atoms with Gasteiger partial charge in [0.15, 0.2) is 0 Å². The van der Waals surface area contributed by atoms with Crippen molar-refractivity contribution < 1.29 is 14.6 Å². The third-order valence-electron chi connectivity index (χ3n) is 3.39. The smallest absolute Gasteiger partial charge is 0.303 e. The molecule has 0 atom stereocenters. The fourth-order valence-electron chi connectivity index (χ4n) is 2.25. The first-order valence-electron chi connectivity index (χ1n) is 7.14. The number of ether oxygens (including phenoxy) is 1. The van der Waals surface area contributed by atoms with Crippen LogP contribution in [0.3, 0.4) is 0 Å². The van der Waals surface area contributed by atoms with E-state index in [1.54, 1.807) is 0 Å². The second-order valence-electron chi connectivity index (χ2n) is 4.92. The summed E-state index contributed by atoms with van der Waals surface area (Å²) in [6, 6.07) is 8.37. The number of anilines is 2. The average molecular weight is 278 g/mol. The van der Waals surface area contributed by atoms with Crippen LogP contribution >= 0.6 is 0 Å². The normalized spacial score (nSPS) is 15.1. The minimum atomic E-state index is -0.722. The molecule has 1 heterocycles. The van der Waals surface area contributed by atoms with Gasteiger partial charge in [0.2, 0.25) is 0 Å². The minimum Gasteiger partial charge on any atom is -0.481 e. The maximum Gasteiger partial charge on any atom is 0.303 e. The number of nitrogens with one attached hydrogen (secondary N) is 1. The van der Waals surface area contributed by atoms with Crippen LogP contribution in [0.1, 0.15) is 19.3 Å². The summed E-state index contributed by atoms with van der Waals surface area (Å²) in [5.41, 5.74) is 2.31. The highest BCUT2D eigenvalue weighted by atomic mass is 16.5. The summed E-state index contributed by atoms with van der Waals surface area (Å²) >= 11 is 0. The molecule has 0 saturated carbocycles. The minimum absolute atomic E-state index is 0.248. The number of carboxylic acid groups (broad SMARTS) is 1. The quantitative estimate of drug-likeness (QED) is 0.749. The molecule has 1 aromatic rings. The Balaban J connectivity index is 1.72. The lowest BCUT2D eigenvalue weighted by molar-refractivity contribution is -0.137. The van der Waals surface area contributed by atoms with Gasteiger partial charge in [-0.05, 0) is 37.1 Å². The molecule has 2 rings (SSSR count). The van der Waals surface area contributed by atoms with Gasteiger partial charge in [-0.3, -0.25) is 4.79 Å². The summed E-state index contributed by atoms with van der Waals surface area (Å²) in [5, 5.41) is 11.9. The molecule has 0 spiro atoms. The first-order chi connectivity index (χ1) is 9.75. The number of aliphatic carboxylic acids is 1. The van der Waals surface area contributed by atoms with Gasteiger partial charge < -0.3 is 20.1 Å². The summed E-state index contributed by atoms with van der Waals surface area (Å²) < 4.78 is 5.34. The van der Waals surface area contributed by atoms with E-state index in [1.165, 1.54) is 5.69 Å². The van der Waals surface area contributed by atoms with E-state index in [0.29, 0.717) is 6.42 Å². The lowest BCUT2D eigenvalue weighted by Crippen LogP contribution is -2.36. The van der Waals surface area contributed by atoms with Gasteiger partial charge in [0.05, 0.1) is 13.2 Å². The van der Waals surface area contributed by atoms with Crippen LogP contribution in [0.5, 0.6) is 0 Å². The molecule has 1 aromatic carbocycles. The molecule has 0 unspecified atom stereocenters. The number of benzene rings is 1. The number of nitrogens with zero attached hydrogens (tertiary/aromatic N) is 1. The molecular formula is C15H22N2O3. The maximum absolute atomic E-state index is 10.4. The van der Waals surface area contributed by atoms with E-state index in [2.05, 4.69) is 34.5 Å². The molecule has 0 amide bonds. The van der Waals surface area contributed by atoms with Crippen LogP contribution in [-0.4, -0.2) is 43.9 Å². The fourth-order valence-corrected chi connectivity index (χ4v) is 2.25. The topological polar surface area (TPSA) is 61.8 Å². The number of hydrogen-bond donors (Lipinski definition) is 2. The van der Waals surface area contributed by atoms with Crippen LogP contribution in [0, 0.1) is 0 Å². The predicted octanol–water partition coefficient (Wildman–Crippen LogP) is 2.19. The van der Waals surface area contributed by atoms with E-state index >= 15 is 0 Å². The number of carbonyl (C=O) groups is 1. The Morgan fingerprint density at radius 2 is 1.90 bits per heavy atom. The van der Waals surface area contributed by atoms with Gasteiger partial charge in [0.1, 0.15) is 0 Å². The molecule has 5 heteroatoms. The van der Waals surface area contributed by atoms with Gasteiger partial charge in [-0.2, -0.15) is 0 Å². The number of unbranched alkanes of at least 4 members (excludes halogenated alkanes) is 1. The third kappa shape index (κ3) is 4.74. The summed E-state index contributed by atoms with van der Waals surface area (Å²) in [5.74, 6) is -0.722. The van der Waals surface area contributed by atoms with Crippen molar-refractivity contribution >= 4 is 17.3 Å². The average Bonchev–Trinajstić information content (AvgIpc) is 2.48. The largest absolute Gasteiger partial charge is 0.481 e. The first kappa shape index (κ1) is 14.7. The maximum atomic E-state index is 10.4. The molecule has 1 aliphatic rings. The Labute approximate surface area is 119 Å². The van der Waals surface area contributed by atoms with Crippen molar-refractivity contribution in [2.75, 3.05) is 43.1 Å². The van der Waals surface area contributed by atoms with Crippen molar-refractivity contribution in [2.24, 2.45) is 0 Å². The van der Waals surface area contributed by atoms with Crippen LogP contribution in [0.15, 0.2) is 24.3 Å². The van der Waals surface area contributed by atoms with Gasteiger partial charge in [-0.1, -0.05) is 0 Å². The Bertz CT molecular complexity index is 414. The molecule has 1 fully saturated rings. The van der Waals surface area contributed by atoms with E-state index in [0.717, 1.165) is 45.0 Å². The van der Waals surface area contributed by atoms with Crippen molar-refractivity contribution in [2.45, 2.75) is 19.3 Å². The Hall–Kier alpha value is -1.75. The van der Waals surface area contributed by atoms with E-state index in [-0.39, 0.29) is 6.42 Å². The second kappa shape index (κ2) is 7.75. The number of rotatable bonds is 7. The molecular weight excluding hydrogens is 256 g/mol. The highest BCUT2D eigenvalue weighted by Crippen LogP contribution is 2.19. The number of carboxylic acids is 1. The van der Waals surface area contributed by atoms with Crippen LogP contribution in [-0.2, 0) is 9.53 Å². The second-order valence-corrected chi connectivity index (χ2v) is 4.92. The lowest BCUT2D eigenvalue weighted by atomic mass is 10.2. The zero-order valence-electron chi connectivity index (χ0n) is 11.7. The standard InChI is InChI=1S/C15H22N2O3/c18-15(19)3-1-2-8-16-13-4-6-14(7-5-13)17-9-11-20-12-10-17/h4-7,16H,1-3,8-12H2,(H,18,19). The fraction of sp³-hybridized carbons (Fsp3) is 0.533. The van der Waals surface area contributed by atoms with Crippen molar-refractivity contribution in [3.8, 4) is 0 Å². The van der Waals surface area contributed by atoms with Gasteiger partial charge in [-0.25, -0.2) is 0 Å². The molecule has 2 N–H and O–H groups in total. The molecule has 5 nitrogen and oxygen atoms in total. The first-order valence-corrected chi connectivity index (χ1v) is 7.14. The molecule has 0 radical (unpaired) electrons. The van der Waals surface area contributed by atoms with E-state index < -0.39 is 5.97 Å². The molecule has 0 aliphatic carbocycles. The summed E-state index contributed by atoms with van der Waals surface area (Å²) in [4.78, 5) is 12.7. The summed E-state index contributed by atoms with van der Waals surface area (Å²) in [7, 11) is 0. The van der Waals surface area contributed by atoms with Crippen molar-refractivity contribution in [1.82, 2.24) is 0 Å². The summed E-state index contributed by atoms with van der Waals surface area (Å²) in [6.07, 6.45) is 1.84. The number of hydrogen-bond acceptors (Lipinski definition) is 4. The van der Waals surface area contributed by atoms with Crippen molar-refractivity contribution in [3.05, 3.63) is 24.3 Å². The van der Waals surface area contributed by atoms with Gasteiger partial charge >= 0.3 is 5.97 Å². The monoisotopic (exact) mass is 278 g/mol. The van der Waals surface area contributed by atoms with Crippen molar-refractivity contribution in [3.63, 3.8) is 0 Å². The molecule has 110 valence electrons. The Morgan fingerprint density at radius 1 is 1.20 bits per heavy atom. The van der Waals surface area contributed by atoms with Crippen LogP contribution in [0.4, 0.5) is 11.4 Å². The lowest BCUT2D eigenvalue weighted by Gasteiger charge is -2.28. The zero-order valence-corrected chi connectivity index (χ0v) is 11.7. The van der Waals surface area contributed by atoms with E-state index in [1.807, 2.05) is 0 Å². The highest BCUT2D eigenvalue weighted by Gasteiger charge is 2.10.